The molecule has 1 aliphatic heterocycles. The SMILES string of the molecule is COc1cccc(OC)c1C(=O)N1CC(C)OC(c2ccc(C)cc2)C1. The summed E-state index contributed by atoms with van der Waals surface area (Å²) < 4.78 is 16.9. The van der Waals surface area contributed by atoms with E-state index >= 15 is 0 Å². The van der Waals surface area contributed by atoms with Gasteiger partial charge in [0.05, 0.1) is 26.9 Å². The molecule has 0 bridgehead atoms. The van der Waals surface area contributed by atoms with E-state index in [9.17, 15) is 4.79 Å². The Kier molecular flexibility index (Phi) is 5.47. The van der Waals surface area contributed by atoms with E-state index in [1.54, 1.807) is 26.4 Å². The quantitative estimate of drug-likeness (QED) is 0.841. The number of benzene rings is 2. The maximum Gasteiger partial charge on any atom is 0.261 e. The van der Waals surface area contributed by atoms with Gasteiger partial charge in [0.15, 0.2) is 0 Å². The fraction of sp³-hybridized carbons (Fsp3) is 0.381. The molecular weight excluding hydrogens is 330 g/mol. The van der Waals surface area contributed by atoms with Crippen LogP contribution in [-0.4, -0.2) is 44.2 Å². The van der Waals surface area contributed by atoms with Crippen molar-refractivity contribution in [2.24, 2.45) is 0 Å². The topological polar surface area (TPSA) is 48.0 Å². The van der Waals surface area contributed by atoms with Crippen LogP contribution in [0, 0.1) is 6.92 Å². The third kappa shape index (κ3) is 3.68. The second kappa shape index (κ2) is 7.79. The Balaban J connectivity index is 1.89. The van der Waals surface area contributed by atoms with Crippen molar-refractivity contribution >= 4 is 5.91 Å². The third-order valence-electron chi connectivity index (χ3n) is 4.64. The normalized spacial score (nSPS) is 19.9. The molecule has 2 aromatic carbocycles. The largest absolute Gasteiger partial charge is 0.496 e. The molecule has 0 saturated carbocycles. The van der Waals surface area contributed by atoms with Crippen LogP contribution >= 0.6 is 0 Å². The molecule has 0 radical (unpaired) electrons. The number of nitrogens with zero attached hydrogens (tertiary/aromatic N) is 1. The van der Waals surface area contributed by atoms with Crippen LogP contribution in [0.3, 0.4) is 0 Å². The van der Waals surface area contributed by atoms with Crippen LogP contribution in [0.4, 0.5) is 0 Å². The Hall–Kier alpha value is -2.53. The Labute approximate surface area is 154 Å². The summed E-state index contributed by atoms with van der Waals surface area (Å²) in [5.74, 6) is 0.923. The summed E-state index contributed by atoms with van der Waals surface area (Å²) in [6.07, 6.45) is -0.205. The highest BCUT2D eigenvalue weighted by molar-refractivity contribution is 5.99. The monoisotopic (exact) mass is 355 g/mol. The van der Waals surface area contributed by atoms with Crippen molar-refractivity contribution in [2.75, 3.05) is 27.3 Å². The van der Waals surface area contributed by atoms with Crippen molar-refractivity contribution in [3.05, 3.63) is 59.2 Å². The van der Waals surface area contributed by atoms with Crippen molar-refractivity contribution in [1.29, 1.82) is 0 Å². The van der Waals surface area contributed by atoms with Crippen LogP contribution in [0.5, 0.6) is 11.5 Å². The van der Waals surface area contributed by atoms with Crippen molar-refractivity contribution in [3.8, 4) is 11.5 Å². The van der Waals surface area contributed by atoms with Gasteiger partial charge in [-0.05, 0) is 31.5 Å². The average molecular weight is 355 g/mol. The van der Waals surface area contributed by atoms with Gasteiger partial charge >= 0.3 is 0 Å². The van der Waals surface area contributed by atoms with Crippen molar-refractivity contribution in [3.63, 3.8) is 0 Å². The lowest BCUT2D eigenvalue weighted by molar-refractivity contribution is -0.0692. The summed E-state index contributed by atoms with van der Waals surface area (Å²) in [4.78, 5) is 15.1. The van der Waals surface area contributed by atoms with Crippen LogP contribution in [0.15, 0.2) is 42.5 Å². The molecule has 2 atom stereocenters. The minimum Gasteiger partial charge on any atom is -0.496 e. The first-order valence-corrected chi connectivity index (χ1v) is 8.75. The van der Waals surface area contributed by atoms with Gasteiger partial charge in [-0.1, -0.05) is 35.9 Å². The van der Waals surface area contributed by atoms with E-state index in [0.29, 0.717) is 30.2 Å². The number of ether oxygens (including phenoxy) is 3. The number of hydrogen-bond acceptors (Lipinski definition) is 4. The molecule has 26 heavy (non-hydrogen) atoms. The summed E-state index contributed by atoms with van der Waals surface area (Å²) in [7, 11) is 3.12. The molecule has 5 nitrogen and oxygen atoms in total. The van der Waals surface area contributed by atoms with Gasteiger partial charge in [0, 0.05) is 6.54 Å². The lowest BCUT2D eigenvalue weighted by Crippen LogP contribution is -2.46. The fourth-order valence-corrected chi connectivity index (χ4v) is 3.30. The maximum absolute atomic E-state index is 13.2. The molecule has 5 heteroatoms. The lowest BCUT2D eigenvalue weighted by atomic mass is 10.0. The van der Waals surface area contributed by atoms with E-state index in [2.05, 4.69) is 31.2 Å². The number of aryl methyl sites for hydroxylation is 1. The predicted octanol–water partition coefficient (Wildman–Crippen LogP) is 3.61. The first-order valence-electron chi connectivity index (χ1n) is 8.75. The number of amides is 1. The minimum atomic E-state index is -0.149. The zero-order valence-corrected chi connectivity index (χ0v) is 15.7. The summed E-state index contributed by atoms with van der Waals surface area (Å²) in [6.45, 7) is 5.06. The van der Waals surface area contributed by atoms with E-state index in [-0.39, 0.29) is 18.1 Å². The standard InChI is InChI=1S/C21H25NO4/c1-14-8-10-16(11-9-14)19-13-22(12-15(2)26-19)21(23)20-17(24-3)6-5-7-18(20)25-4/h5-11,15,19H,12-13H2,1-4H3. The molecule has 0 N–H and O–H groups in total. The zero-order valence-electron chi connectivity index (χ0n) is 15.7. The van der Waals surface area contributed by atoms with Gasteiger partial charge in [0.25, 0.3) is 5.91 Å². The van der Waals surface area contributed by atoms with Gasteiger partial charge in [-0.25, -0.2) is 0 Å². The van der Waals surface area contributed by atoms with Crippen LogP contribution in [0.1, 0.15) is 34.5 Å². The molecule has 0 spiro atoms. The van der Waals surface area contributed by atoms with Gasteiger partial charge in [-0.3, -0.25) is 4.79 Å². The molecule has 1 heterocycles. The lowest BCUT2D eigenvalue weighted by Gasteiger charge is -2.37. The highest BCUT2D eigenvalue weighted by atomic mass is 16.5. The number of rotatable bonds is 4. The highest BCUT2D eigenvalue weighted by Crippen LogP contribution is 2.32. The molecular formula is C21H25NO4. The number of hydrogen-bond donors (Lipinski definition) is 0. The Bertz CT molecular complexity index is 750. The molecule has 2 unspecified atom stereocenters. The number of carbonyl (C=O) groups is 1. The van der Waals surface area contributed by atoms with Crippen LogP contribution in [-0.2, 0) is 4.74 Å². The summed E-state index contributed by atoms with van der Waals surface area (Å²) in [5, 5.41) is 0. The maximum atomic E-state index is 13.2. The summed E-state index contributed by atoms with van der Waals surface area (Å²) >= 11 is 0. The van der Waals surface area contributed by atoms with E-state index in [1.165, 1.54) is 5.56 Å². The first kappa shape index (κ1) is 18.3. The second-order valence-corrected chi connectivity index (χ2v) is 6.59. The molecule has 0 aromatic heterocycles. The van der Waals surface area contributed by atoms with Crippen molar-refractivity contribution < 1.29 is 19.0 Å². The molecule has 3 rings (SSSR count). The Morgan fingerprint density at radius 1 is 1.04 bits per heavy atom. The molecule has 1 fully saturated rings. The predicted molar refractivity (Wildman–Crippen MR) is 99.9 cm³/mol. The molecule has 1 amide bonds. The molecule has 1 aliphatic rings. The summed E-state index contributed by atoms with van der Waals surface area (Å²) in [6, 6.07) is 13.6. The fourth-order valence-electron chi connectivity index (χ4n) is 3.30. The van der Waals surface area contributed by atoms with Crippen molar-refractivity contribution in [1.82, 2.24) is 4.90 Å². The number of carbonyl (C=O) groups excluding carboxylic acids is 1. The van der Waals surface area contributed by atoms with Crippen LogP contribution < -0.4 is 9.47 Å². The van der Waals surface area contributed by atoms with Crippen molar-refractivity contribution in [2.45, 2.75) is 26.1 Å². The van der Waals surface area contributed by atoms with Crippen LogP contribution in [0.25, 0.3) is 0 Å². The first-order chi connectivity index (χ1) is 12.5. The van der Waals surface area contributed by atoms with E-state index in [0.717, 1.165) is 5.56 Å². The van der Waals surface area contributed by atoms with Gasteiger partial charge in [-0.2, -0.15) is 0 Å². The second-order valence-electron chi connectivity index (χ2n) is 6.59. The molecule has 1 saturated heterocycles. The summed E-state index contributed by atoms with van der Waals surface area (Å²) in [5.41, 5.74) is 2.73. The average Bonchev–Trinajstić information content (AvgIpc) is 2.66. The van der Waals surface area contributed by atoms with E-state index < -0.39 is 0 Å². The zero-order chi connectivity index (χ0) is 18.7. The van der Waals surface area contributed by atoms with Gasteiger partial charge < -0.3 is 19.1 Å². The van der Waals surface area contributed by atoms with Crippen LogP contribution in [0.2, 0.25) is 0 Å². The minimum absolute atomic E-state index is 0.0558. The number of morpholine rings is 1. The smallest absolute Gasteiger partial charge is 0.261 e. The highest BCUT2D eigenvalue weighted by Gasteiger charge is 2.32. The van der Waals surface area contributed by atoms with E-state index in [4.69, 9.17) is 14.2 Å². The Morgan fingerprint density at radius 3 is 2.23 bits per heavy atom. The van der Waals surface area contributed by atoms with Gasteiger partial charge in [0.2, 0.25) is 0 Å². The van der Waals surface area contributed by atoms with E-state index in [1.807, 2.05) is 17.9 Å². The molecule has 138 valence electrons. The number of methoxy groups -OCH3 is 2. The molecule has 0 aliphatic carbocycles. The Morgan fingerprint density at radius 2 is 1.65 bits per heavy atom. The third-order valence-corrected chi connectivity index (χ3v) is 4.64. The molecule has 2 aromatic rings. The van der Waals surface area contributed by atoms with Gasteiger partial charge in [0.1, 0.15) is 23.2 Å². The van der Waals surface area contributed by atoms with Gasteiger partial charge in [-0.15, -0.1) is 0 Å².